The molecule has 102 valence electrons. The van der Waals surface area contributed by atoms with Crippen LogP contribution in [0, 0.1) is 11.8 Å². The van der Waals surface area contributed by atoms with Crippen LogP contribution in [0.4, 0.5) is 0 Å². The van der Waals surface area contributed by atoms with Gasteiger partial charge in [0.05, 0.1) is 5.92 Å². The molecule has 1 rings (SSSR count). The number of hydrogen-bond acceptors (Lipinski definition) is 3. The molecule has 6 heteroatoms. The number of amides is 3. The molecule has 0 aromatic carbocycles. The lowest BCUT2D eigenvalue weighted by molar-refractivity contribution is -0.129. The van der Waals surface area contributed by atoms with Crippen LogP contribution < -0.4 is 16.0 Å². The Morgan fingerprint density at radius 2 is 2.00 bits per heavy atom. The number of hydrogen-bond donors (Lipinski definition) is 3. The lowest BCUT2D eigenvalue weighted by Crippen LogP contribution is -2.44. The number of nitrogens with one attached hydrogen (secondary N) is 3. The summed E-state index contributed by atoms with van der Waals surface area (Å²) in [7, 11) is 0. The van der Waals surface area contributed by atoms with E-state index >= 15 is 0 Å². The van der Waals surface area contributed by atoms with Gasteiger partial charge >= 0.3 is 0 Å². The van der Waals surface area contributed by atoms with Gasteiger partial charge in [-0.15, -0.1) is 0 Å². The first-order valence-corrected chi connectivity index (χ1v) is 6.33. The maximum Gasteiger partial charge on any atom is 0.224 e. The molecule has 6 nitrogen and oxygen atoms in total. The fourth-order valence-electron chi connectivity index (χ4n) is 1.68. The first-order chi connectivity index (χ1) is 8.50. The molecule has 1 aliphatic heterocycles. The van der Waals surface area contributed by atoms with Crippen LogP contribution in [0.5, 0.6) is 0 Å². The van der Waals surface area contributed by atoms with Gasteiger partial charge in [-0.05, 0) is 6.42 Å². The Balaban J connectivity index is 2.14. The Morgan fingerprint density at radius 3 is 2.56 bits per heavy atom. The zero-order valence-corrected chi connectivity index (χ0v) is 10.9. The summed E-state index contributed by atoms with van der Waals surface area (Å²) < 4.78 is 0. The summed E-state index contributed by atoms with van der Waals surface area (Å²) in [6.07, 6.45) is 0.998. The Bertz CT molecular complexity index is 319. The molecule has 0 spiro atoms. The Morgan fingerprint density at radius 1 is 1.33 bits per heavy atom. The largest absolute Gasteiger partial charge is 0.355 e. The maximum atomic E-state index is 11.7. The number of rotatable bonds is 5. The SMILES string of the molecule is CC(C)C(=O)NCCNC(=O)C1CCC(=O)NC1. The highest BCUT2D eigenvalue weighted by molar-refractivity contribution is 5.83. The summed E-state index contributed by atoms with van der Waals surface area (Å²) >= 11 is 0. The fourth-order valence-corrected chi connectivity index (χ4v) is 1.68. The van der Waals surface area contributed by atoms with E-state index in [1.807, 2.05) is 13.8 Å². The molecule has 0 radical (unpaired) electrons. The van der Waals surface area contributed by atoms with Crippen LogP contribution in [0.15, 0.2) is 0 Å². The predicted octanol–water partition coefficient (Wildman–Crippen LogP) is -0.599. The first-order valence-electron chi connectivity index (χ1n) is 6.33. The van der Waals surface area contributed by atoms with Crippen LogP contribution in [-0.2, 0) is 14.4 Å². The number of carbonyl (C=O) groups is 3. The topological polar surface area (TPSA) is 87.3 Å². The first kappa shape index (κ1) is 14.5. The molecule has 1 aliphatic rings. The molecule has 0 bridgehead atoms. The van der Waals surface area contributed by atoms with Crippen LogP contribution in [0.3, 0.4) is 0 Å². The molecule has 0 aliphatic carbocycles. The highest BCUT2D eigenvalue weighted by Crippen LogP contribution is 2.10. The fraction of sp³-hybridized carbons (Fsp3) is 0.750. The van der Waals surface area contributed by atoms with E-state index in [4.69, 9.17) is 0 Å². The average molecular weight is 255 g/mol. The number of carbonyl (C=O) groups excluding carboxylic acids is 3. The van der Waals surface area contributed by atoms with Crippen molar-refractivity contribution in [2.45, 2.75) is 26.7 Å². The van der Waals surface area contributed by atoms with Crippen molar-refractivity contribution >= 4 is 17.7 Å². The molecule has 3 N–H and O–H groups in total. The van der Waals surface area contributed by atoms with Gasteiger partial charge in [0.2, 0.25) is 17.7 Å². The van der Waals surface area contributed by atoms with Gasteiger partial charge < -0.3 is 16.0 Å². The van der Waals surface area contributed by atoms with Crippen LogP contribution in [0.2, 0.25) is 0 Å². The Hall–Kier alpha value is -1.59. The van der Waals surface area contributed by atoms with Crippen LogP contribution in [0.1, 0.15) is 26.7 Å². The molecule has 0 saturated carbocycles. The zero-order chi connectivity index (χ0) is 13.5. The standard InChI is InChI=1S/C12H21N3O3/c1-8(2)11(17)13-5-6-14-12(18)9-3-4-10(16)15-7-9/h8-9H,3-7H2,1-2H3,(H,13,17)(H,14,18)(H,15,16). The molecule has 1 unspecified atom stereocenters. The molecule has 1 saturated heterocycles. The summed E-state index contributed by atoms with van der Waals surface area (Å²) in [4.78, 5) is 33.9. The average Bonchev–Trinajstić information content (AvgIpc) is 2.34. The molecule has 0 aromatic rings. The van der Waals surface area contributed by atoms with Crippen molar-refractivity contribution < 1.29 is 14.4 Å². The maximum absolute atomic E-state index is 11.7. The van der Waals surface area contributed by atoms with E-state index in [0.29, 0.717) is 32.5 Å². The quantitative estimate of drug-likeness (QED) is 0.573. The van der Waals surface area contributed by atoms with Crippen molar-refractivity contribution in [3.8, 4) is 0 Å². The van der Waals surface area contributed by atoms with Crippen LogP contribution in [-0.4, -0.2) is 37.4 Å². The van der Waals surface area contributed by atoms with E-state index in [1.54, 1.807) is 0 Å². The van der Waals surface area contributed by atoms with E-state index < -0.39 is 0 Å². The van der Waals surface area contributed by atoms with E-state index in [0.717, 1.165) is 0 Å². The van der Waals surface area contributed by atoms with Crippen molar-refractivity contribution in [2.75, 3.05) is 19.6 Å². The van der Waals surface area contributed by atoms with Gasteiger partial charge in [0.25, 0.3) is 0 Å². The molecular formula is C12H21N3O3. The van der Waals surface area contributed by atoms with E-state index in [1.165, 1.54) is 0 Å². The lowest BCUT2D eigenvalue weighted by Gasteiger charge is -2.21. The molecule has 3 amide bonds. The highest BCUT2D eigenvalue weighted by Gasteiger charge is 2.23. The van der Waals surface area contributed by atoms with Crippen molar-refractivity contribution in [3.63, 3.8) is 0 Å². The summed E-state index contributed by atoms with van der Waals surface area (Å²) in [6, 6.07) is 0. The van der Waals surface area contributed by atoms with Crippen molar-refractivity contribution in [1.29, 1.82) is 0 Å². The van der Waals surface area contributed by atoms with Crippen molar-refractivity contribution in [3.05, 3.63) is 0 Å². The normalized spacial score (nSPS) is 19.3. The second-order valence-corrected chi connectivity index (χ2v) is 4.78. The molecule has 18 heavy (non-hydrogen) atoms. The van der Waals surface area contributed by atoms with Gasteiger partial charge in [0.15, 0.2) is 0 Å². The molecule has 1 atom stereocenters. The molecule has 0 aromatic heterocycles. The van der Waals surface area contributed by atoms with Gasteiger partial charge in [0.1, 0.15) is 0 Å². The zero-order valence-electron chi connectivity index (χ0n) is 10.9. The van der Waals surface area contributed by atoms with Gasteiger partial charge in [0, 0.05) is 32.0 Å². The van der Waals surface area contributed by atoms with Gasteiger partial charge in [-0.25, -0.2) is 0 Å². The second-order valence-electron chi connectivity index (χ2n) is 4.78. The Kier molecular flexibility index (Phi) is 5.61. The minimum Gasteiger partial charge on any atom is -0.355 e. The van der Waals surface area contributed by atoms with Gasteiger partial charge in [-0.1, -0.05) is 13.8 Å². The minimum atomic E-state index is -0.150. The third kappa shape index (κ3) is 4.73. The van der Waals surface area contributed by atoms with Crippen molar-refractivity contribution in [1.82, 2.24) is 16.0 Å². The Labute approximate surface area is 107 Å². The van der Waals surface area contributed by atoms with Crippen LogP contribution >= 0.6 is 0 Å². The summed E-state index contributed by atoms with van der Waals surface area (Å²) in [5.41, 5.74) is 0. The van der Waals surface area contributed by atoms with Gasteiger partial charge in [-0.2, -0.15) is 0 Å². The smallest absolute Gasteiger partial charge is 0.224 e. The van der Waals surface area contributed by atoms with Gasteiger partial charge in [-0.3, -0.25) is 14.4 Å². The molecule has 1 heterocycles. The third-order valence-electron chi connectivity index (χ3n) is 2.88. The molecular weight excluding hydrogens is 234 g/mol. The van der Waals surface area contributed by atoms with E-state index in [-0.39, 0.29) is 29.6 Å². The molecule has 1 fully saturated rings. The monoisotopic (exact) mass is 255 g/mol. The summed E-state index contributed by atoms with van der Waals surface area (Å²) in [6.45, 7) is 4.89. The van der Waals surface area contributed by atoms with Crippen molar-refractivity contribution in [2.24, 2.45) is 11.8 Å². The highest BCUT2D eigenvalue weighted by atomic mass is 16.2. The third-order valence-corrected chi connectivity index (χ3v) is 2.88. The van der Waals surface area contributed by atoms with E-state index in [9.17, 15) is 14.4 Å². The van der Waals surface area contributed by atoms with E-state index in [2.05, 4.69) is 16.0 Å². The predicted molar refractivity (Wildman–Crippen MR) is 66.6 cm³/mol. The summed E-state index contributed by atoms with van der Waals surface area (Å²) in [5, 5.41) is 8.15. The second kappa shape index (κ2) is 6.98. The lowest BCUT2D eigenvalue weighted by atomic mass is 9.98. The minimum absolute atomic E-state index is 0.00301. The number of piperidine rings is 1. The summed E-state index contributed by atoms with van der Waals surface area (Å²) in [5.74, 6) is -0.274. The van der Waals surface area contributed by atoms with Crippen LogP contribution in [0.25, 0.3) is 0 Å².